The van der Waals surface area contributed by atoms with E-state index in [1.165, 1.54) is 16.8 Å². The van der Waals surface area contributed by atoms with E-state index in [2.05, 4.69) is 4.83 Å². The van der Waals surface area contributed by atoms with Gasteiger partial charge in [-0.3, -0.25) is 4.68 Å². The van der Waals surface area contributed by atoms with Crippen LogP contribution >= 0.6 is 11.6 Å². The number of carboxylic acids is 1. The lowest BCUT2D eigenvalue weighted by molar-refractivity contribution is 0.0697. The molecule has 0 spiro atoms. The molecule has 0 saturated heterocycles. The summed E-state index contributed by atoms with van der Waals surface area (Å²) in [5, 5.41) is 8.98. The fourth-order valence-corrected chi connectivity index (χ4v) is 3.17. The molecule has 2 N–H and O–H groups in total. The van der Waals surface area contributed by atoms with Gasteiger partial charge in [-0.25, -0.2) is 9.63 Å². The summed E-state index contributed by atoms with van der Waals surface area (Å²) in [5.41, 5.74) is 1.16. The van der Waals surface area contributed by atoms with E-state index in [4.69, 9.17) is 16.7 Å². The maximum Gasteiger partial charge on any atom is 0.337 e. The number of aryl methyl sites for hydroxylation is 2. The van der Waals surface area contributed by atoms with Gasteiger partial charge in [0.15, 0.2) is 0 Å². The highest BCUT2D eigenvalue weighted by Gasteiger charge is 2.19. The van der Waals surface area contributed by atoms with Crippen molar-refractivity contribution in [3.05, 3.63) is 52.3 Å². The van der Waals surface area contributed by atoms with Crippen LogP contribution in [0.3, 0.4) is 0 Å². The summed E-state index contributed by atoms with van der Waals surface area (Å²) < 4.78 is 26.1. The molecule has 1 aromatic heterocycles. The summed E-state index contributed by atoms with van der Waals surface area (Å²) in [6.45, 7) is 3.50. The van der Waals surface area contributed by atoms with Crippen LogP contribution in [0, 0.1) is 13.8 Å². The Labute approximate surface area is 127 Å². The Balaban J connectivity index is 2.45. The van der Waals surface area contributed by atoms with E-state index in [9.17, 15) is 13.2 Å². The molecule has 0 aliphatic heterocycles. The van der Waals surface area contributed by atoms with E-state index in [-0.39, 0.29) is 15.5 Å². The number of nitrogens with zero attached hydrogens (tertiary/aromatic N) is 1. The molecule has 1 aromatic carbocycles. The number of aromatic nitrogens is 1. The summed E-state index contributed by atoms with van der Waals surface area (Å²) in [4.78, 5) is 13.2. The second-order valence-electron chi connectivity index (χ2n) is 4.49. The molecule has 0 atom stereocenters. The third kappa shape index (κ3) is 3.03. The van der Waals surface area contributed by atoms with Gasteiger partial charge in [-0.1, -0.05) is 11.6 Å². The van der Waals surface area contributed by atoms with Gasteiger partial charge < -0.3 is 5.11 Å². The summed E-state index contributed by atoms with van der Waals surface area (Å²) in [7, 11) is -3.91. The summed E-state index contributed by atoms with van der Waals surface area (Å²) in [6, 6.07) is 7.06. The molecule has 0 aliphatic carbocycles. The lowest BCUT2D eigenvalue weighted by Gasteiger charge is -2.13. The highest BCUT2D eigenvalue weighted by Crippen LogP contribution is 2.21. The van der Waals surface area contributed by atoms with Gasteiger partial charge in [0.2, 0.25) is 0 Å². The predicted octanol–water partition coefficient (Wildman–Crippen LogP) is 2.39. The number of benzene rings is 1. The van der Waals surface area contributed by atoms with E-state index in [1.807, 2.05) is 0 Å². The number of carbonyl (C=O) groups is 1. The van der Waals surface area contributed by atoms with Gasteiger partial charge >= 0.3 is 5.97 Å². The van der Waals surface area contributed by atoms with Crippen LogP contribution in [-0.4, -0.2) is 24.2 Å². The van der Waals surface area contributed by atoms with Gasteiger partial charge in [0.05, 0.1) is 15.5 Å². The molecule has 1 heterocycles. The number of hydrogen-bond donors (Lipinski definition) is 2. The number of hydrogen-bond acceptors (Lipinski definition) is 3. The molecule has 21 heavy (non-hydrogen) atoms. The average Bonchev–Trinajstić information content (AvgIpc) is 2.70. The predicted molar refractivity (Wildman–Crippen MR) is 78.9 cm³/mol. The second-order valence-corrected chi connectivity index (χ2v) is 6.56. The Kier molecular flexibility index (Phi) is 3.97. The third-order valence-corrected chi connectivity index (χ3v) is 4.59. The van der Waals surface area contributed by atoms with Crippen molar-refractivity contribution in [1.29, 1.82) is 0 Å². The molecular weight excluding hydrogens is 316 g/mol. The van der Waals surface area contributed by atoms with Crippen molar-refractivity contribution >= 4 is 27.6 Å². The zero-order valence-corrected chi connectivity index (χ0v) is 12.9. The monoisotopic (exact) mass is 328 g/mol. The largest absolute Gasteiger partial charge is 0.478 e. The molecule has 0 radical (unpaired) electrons. The summed E-state index contributed by atoms with van der Waals surface area (Å²) in [5.74, 6) is -1.29. The SMILES string of the molecule is Cc1ccc(C)n1NS(=O)(=O)c1ccc(Cl)c(C(=O)O)c1. The average molecular weight is 329 g/mol. The van der Waals surface area contributed by atoms with Gasteiger partial charge in [0.1, 0.15) is 0 Å². The topological polar surface area (TPSA) is 88.4 Å². The quantitative estimate of drug-likeness (QED) is 0.902. The van der Waals surface area contributed by atoms with E-state index < -0.39 is 16.0 Å². The van der Waals surface area contributed by atoms with E-state index in [1.54, 1.807) is 26.0 Å². The summed E-state index contributed by atoms with van der Waals surface area (Å²) in [6.07, 6.45) is 0. The molecule has 112 valence electrons. The van der Waals surface area contributed by atoms with Crippen LogP contribution in [0.15, 0.2) is 35.2 Å². The normalized spacial score (nSPS) is 11.4. The molecule has 8 heteroatoms. The van der Waals surface area contributed by atoms with Gasteiger partial charge in [-0.05, 0) is 44.2 Å². The summed E-state index contributed by atoms with van der Waals surface area (Å²) >= 11 is 5.73. The first kappa shape index (κ1) is 15.4. The van der Waals surface area contributed by atoms with Gasteiger partial charge in [-0.15, -0.1) is 0 Å². The Morgan fingerprint density at radius 1 is 1.19 bits per heavy atom. The van der Waals surface area contributed by atoms with Crippen LogP contribution in [-0.2, 0) is 10.0 Å². The van der Waals surface area contributed by atoms with Crippen LogP contribution in [0.1, 0.15) is 21.7 Å². The first-order chi connectivity index (χ1) is 9.72. The molecule has 0 amide bonds. The minimum atomic E-state index is -3.91. The highest BCUT2D eigenvalue weighted by molar-refractivity contribution is 7.92. The van der Waals surface area contributed by atoms with Crippen molar-refractivity contribution in [1.82, 2.24) is 4.68 Å². The number of aromatic carboxylic acids is 1. The molecule has 6 nitrogen and oxygen atoms in total. The Morgan fingerprint density at radius 3 is 2.29 bits per heavy atom. The van der Waals surface area contributed by atoms with Crippen LogP contribution in [0.25, 0.3) is 0 Å². The number of nitrogens with one attached hydrogen (secondary N) is 1. The number of halogens is 1. The van der Waals surface area contributed by atoms with Crippen LogP contribution in [0.2, 0.25) is 5.02 Å². The molecule has 0 saturated carbocycles. The van der Waals surface area contributed by atoms with Crippen LogP contribution < -0.4 is 4.83 Å². The van der Waals surface area contributed by atoms with Crippen molar-refractivity contribution in [3.8, 4) is 0 Å². The number of rotatable bonds is 4. The Morgan fingerprint density at radius 2 is 1.76 bits per heavy atom. The first-order valence-electron chi connectivity index (χ1n) is 5.93. The minimum absolute atomic E-state index is 0.0187. The lowest BCUT2D eigenvalue weighted by atomic mass is 10.2. The molecule has 0 fully saturated rings. The van der Waals surface area contributed by atoms with Crippen LogP contribution in [0.4, 0.5) is 0 Å². The molecule has 2 aromatic rings. The van der Waals surface area contributed by atoms with Gasteiger partial charge in [0, 0.05) is 11.4 Å². The van der Waals surface area contributed by atoms with Crippen molar-refractivity contribution in [3.63, 3.8) is 0 Å². The third-order valence-electron chi connectivity index (χ3n) is 2.96. The maximum atomic E-state index is 12.3. The first-order valence-corrected chi connectivity index (χ1v) is 7.79. The minimum Gasteiger partial charge on any atom is -0.478 e. The molecule has 2 rings (SSSR count). The van der Waals surface area contributed by atoms with Crippen molar-refractivity contribution in [2.24, 2.45) is 0 Å². The Bertz CT molecular complexity index is 792. The zero-order chi connectivity index (χ0) is 15.8. The fraction of sp³-hybridized carbons (Fsp3) is 0.154. The van der Waals surface area contributed by atoms with Crippen LogP contribution in [0.5, 0.6) is 0 Å². The number of sulfonamides is 1. The van der Waals surface area contributed by atoms with Crippen molar-refractivity contribution < 1.29 is 18.3 Å². The second kappa shape index (κ2) is 5.42. The van der Waals surface area contributed by atoms with E-state index in [0.717, 1.165) is 6.07 Å². The van der Waals surface area contributed by atoms with E-state index in [0.29, 0.717) is 11.4 Å². The number of carboxylic acid groups (broad SMARTS) is 1. The standard InChI is InChI=1S/C13H13ClN2O4S/c1-8-3-4-9(2)16(8)15-21(19,20)10-5-6-12(14)11(7-10)13(17)18/h3-7,15H,1-2H3,(H,17,18). The van der Waals surface area contributed by atoms with Gasteiger partial charge in [0.25, 0.3) is 10.0 Å². The smallest absolute Gasteiger partial charge is 0.337 e. The maximum absolute atomic E-state index is 12.3. The van der Waals surface area contributed by atoms with Crippen molar-refractivity contribution in [2.75, 3.05) is 4.83 Å². The molecule has 0 bridgehead atoms. The van der Waals surface area contributed by atoms with Gasteiger partial charge in [-0.2, -0.15) is 8.42 Å². The molecular formula is C13H13ClN2O4S. The zero-order valence-electron chi connectivity index (χ0n) is 11.3. The molecule has 0 aliphatic rings. The Hall–Kier alpha value is -1.99. The van der Waals surface area contributed by atoms with Crippen molar-refractivity contribution in [2.45, 2.75) is 18.7 Å². The van der Waals surface area contributed by atoms with E-state index >= 15 is 0 Å². The fourth-order valence-electron chi connectivity index (χ4n) is 1.82. The molecule has 0 unspecified atom stereocenters. The lowest BCUT2D eigenvalue weighted by Crippen LogP contribution is -2.25. The highest BCUT2D eigenvalue weighted by atomic mass is 35.5.